The Bertz CT molecular complexity index is 915. The van der Waals surface area contributed by atoms with E-state index in [0.717, 1.165) is 6.66 Å². The van der Waals surface area contributed by atoms with Gasteiger partial charge in [-0.1, -0.05) is 0 Å². The number of carbonyl (C=O) groups is 4. The van der Waals surface area contributed by atoms with E-state index in [9.17, 15) is 43.4 Å². The third kappa shape index (κ3) is 16.1. The number of esters is 1. The molecular formula is C21H39N3O13P2. The molecule has 2 unspecified atom stereocenters. The molecule has 6 N–H and O–H groups in total. The summed E-state index contributed by atoms with van der Waals surface area (Å²) in [6.07, 6.45) is -2.83. The zero-order valence-corrected chi connectivity index (χ0v) is 24.0. The number of ether oxygens (including phenoxy) is 2. The minimum Gasteiger partial charge on any atom is -0.457 e. The van der Waals surface area contributed by atoms with Gasteiger partial charge in [0.25, 0.3) is 11.8 Å². The van der Waals surface area contributed by atoms with Gasteiger partial charge in [-0.15, -0.1) is 0 Å². The zero-order chi connectivity index (χ0) is 29.6. The Morgan fingerprint density at radius 3 is 1.90 bits per heavy atom. The van der Waals surface area contributed by atoms with E-state index in [2.05, 4.69) is 16.0 Å². The molecule has 3 atom stereocenters. The quantitative estimate of drug-likeness (QED) is 0.0501. The molecule has 1 saturated carbocycles. The number of carbonyl (C=O) groups excluding carboxylic acids is 4. The molecule has 0 aromatic carbocycles. The lowest BCUT2D eigenvalue weighted by atomic mass is 9.93. The maximum absolute atomic E-state index is 12.0. The summed E-state index contributed by atoms with van der Waals surface area (Å²) in [6, 6.07) is -0.333. The number of aliphatic hydroxyl groups excluding tert-OH is 2. The first-order chi connectivity index (χ1) is 18.1. The lowest BCUT2D eigenvalue weighted by Gasteiger charge is -2.29. The number of rotatable bonds is 16. The first-order valence-corrected chi connectivity index (χ1v) is 16.8. The van der Waals surface area contributed by atoms with Crippen LogP contribution in [0.5, 0.6) is 0 Å². The van der Waals surface area contributed by atoms with E-state index in [1.165, 1.54) is 13.3 Å². The summed E-state index contributed by atoms with van der Waals surface area (Å²) < 4.78 is 42.7. The second kappa shape index (κ2) is 17.0. The lowest BCUT2D eigenvalue weighted by molar-refractivity contribution is -0.155. The number of aliphatic hydroxyl groups is 2. The lowest BCUT2D eigenvalue weighted by Crippen LogP contribution is -2.50. The number of amides is 3. The molecule has 0 spiro atoms. The highest BCUT2D eigenvalue weighted by atomic mass is 31.2. The van der Waals surface area contributed by atoms with Gasteiger partial charge in [0, 0.05) is 32.6 Å². The van der Waals surface area contributed by atoms with Gasteiger partial charge in [-0.25, -0.2) is 4.79 Å². The fourth-order valence-corrected chi connectivity index (χ4v) is 4.66. The normalized spacial score (nSPS) is 20.7. The van der Waals surface area contributed by atoms with Crippen molar-refractivity contribution in [1.29, 1.82) is 0 Å². The van der Waals surface area contributed by atoms with Crippen LogP contribution < -0.4 is 16.0 Å². The molecule has 39 heavy (non-hydrogen) atoms. The molecule has 0 bridgehead atoms. The Kier molecular flexibility index (Phi) is 15.3. The topological polar surface area (TPSA) is 236 Å². The van der Waals surface area contributed by atoms with E-state index < -0.39 is 63.6 Å². The molecule has 3 amide bonds. The largest absolute Gasteiger partial charge is 0.457 e. The van der Waals surface area contributed by atoms with Crippen LogP contribution in [0.15, 0.2) is 0 Å². The highest BCUT2D eigenvalue weighted by molar-refractivity contribution is 7.57. The third-order valence-corrected chi connectivity index (χ3v) is 6.68. The summed E-state index contributed by atoms with van der Waals surface area (Å²) in [4.78, 5) is 56.9. The summed E-state index contributed by atoms with van der Waals surface area (Å²) >= 11 is 0. The average Bonchev–Trinajstić information content (AvgIpc) is 2.84. The first-order valence-electron chi connectivity index (χ1n) is 12.2. The van der Waals surface area contributed by atoms with Crippen LogP contribution in [0.2, 0.25) is 0 Å². The Labute approximate surface area is 226 Å². The molecule has 0 aromatic rings. The molecule has 0 saturated heterocycles. The molecule has 1 aliphatic rings. The van der Waals surface area contributed by atoms with Gasteiger partial charge in [-0.3, -0.25) is 23.5 Å². The van der Waals surface area contributed by atoms with E-state index in [1.807, 2.05) is 0 Å². The highest BCUT2D eigenvalue weighted by Gasteiger charge is 2.30. The van der Waals surface area contributed by atoms with Crippen molar-refractivity contribution in [3.8, 4) is 0 Å². The van der Waals surface area contributed by atoms with E-state index in [1.54, 1.807) is 0 Å². The van der Waals surface area contributed by atoms with Crippen molar-refractivity contribution >= 4 is 38.7 Å². The molecule has 1 rings (SSSR count). The maximum atomic E-state index is 12.0. The van der Waals surface area contributed by atoms with Crippen molar-refractivity contribution in [2.45, 2.75) is 50.0 Å². The Hall–Kier alpha value is -1.90. The maximum Gasteiger partial charge on any atom is 0.396 e. The Morgan fingerprint density at radius 1 is 0.846 bits per heavy atom. The fraction of sp³-hybridized carbons (Fsp3) is 0.810. The summed E-state index contributed by atoms with van der Waals surface area (Å²) in [5.74, 6) is -4.31. The van der Waals surface area contributed by atoms with Crippen LogP contribution in [-0.4, -0.2) is 123 Å². The number of hydrogen-bond acceptors (Lipinski definition) is 12. The predicted octanol–water partition coefficient (Wildman–Crippen LogP) is -1.69. The standard InChI is InChI=1S/C21H39N3O13P2/c1-38(2,31)36-13-12-34-10-8-22-18(27)16(25)17(26)19(28)23-9-11-35-21(30)20(29)24-14-4-6-15(7-5-14)37-39(3,32)33/h14-17,25-26H,4-13H2,1-3H3,(H,22,27)(H,23,28)(H,24,29)(H,32,33)/t14?,15?,16-,17?/m1/s1. The second-order valence-electron chi connectivity index (χ2n) is 9.16. The molecule has 0 aromatic heterocycles. The van der Waals surface area contributed by atoms with Gasteiger partial charge in [-0.05, 0) is 25.7 Å². The Morgan fingerprint density at radius 2 is 1.38 bits per heavy atom. The van der Waals surface area contributed by atoms with Crippen LogP contribution in [-0.2, 0) is 46.8 Å². The van der Waals surface area contributed by atoms with E-state index >= 15 is 0 Å². The number of nitrogens with one attached hydrogen (secondary N) is 3. The number of hydrogen-bond donors (Lipinski definition) is 6. The SMILES string of the molecule is CP(C)(=O)OCCOCCNC(=O)[C@H](O)C(O)C(=O)NCCOC(=O)C(=O)NC1CCC(OP(C)(=O)O)CC1. The van der Waals surface area contributed by atoms with Crippen LogP contribution >= 0.6 is 15.0 Å². The van der Waals surface area contributed by atoms with Crippen LogP contribution in [0.3, 0.4) is 0 Å². The van der Waals surface area contributed by atoms with Crippen LogP contribution in [0.4, 0.5) is 0 Å². The molecule has 18 heteroatoms. The predicted molar refractivity (Wildman–Crippen MR) is 136 cm³/mol. The van der Waals surface area contributed by atoms with Crippen molar-refractivity contribution < 1.29 is 61.9 Å². The fourth-order valence-electron chi connectivity index (χ4n) is 3.38. The van der Waals surface area contributed by atoms with Gasteiger partial charge < -0.3 is 49.6 Å². The van der Waals surface area contributed by atoms with Crippen LogP contribution in [0, 0.1) is 0 Å². The molecule has 0 aliphatic heterocycles. The van der Waals surface area contributed by atoms with Crippen molar-refractivity contribution in [2.24, 2.45) is 0 Å². The summed E-state index contributed by atoms with van der Waals surface area (Å²) in [6.45, 7) is 3.55. The van der Waals surface area contributed by atoms with E-state index in [4.69, 9.17) is 18.5 Å². The zero-order valence-electron chi connectivity index (χ0n) is 22.2. The third-order valence-electron chi connectivity index (χ3n) is 5.19. The molecule has 1 fully saturated rings. The minimum atomic E-state index is -3.61. The van der Waals surface area contributed by atoms with Gasteiger partial charge in [0.15, 0.2) is 19.6 Å². The summed E-state index contributed by atoms with van der Waals surface area (Å²) in [5, 5.41) is 26.6. The van der Waals surface area contributed by atoms with Gasteiger partial charge in [0.2, 0.25) is 0 Å². The second-order valence-corrected chi connectivity index (χ2v) is 13.7. The molecule has 16 nitrogen and oxygen atoms in total. The van der Waals surface area contributed by atoms with Crippen LogP contribution in [0.1, 0.15) is 25.7 Å². The van der Waals surface area contributed by atoms with Gasteiger partial charge in [0.05, 0.1) is 32.5 Å². The van der Waals surface area contributed by atoms with Gasteiger partial charge >= 0.3 is 19.5 Å². The smallest absolute Gasteiger partial charge is 0.396 e. The van der Waals surface area contributed by atoms with Gasteiger partial charge in [-0.2, -0.15) is 0 Å². The molecule has 1 aliphatic carbocycles. The molecular weight excluding hydrogens is 564 g/mol. The van der Waals surface area contributed by atoms with Gasteiger partial charge in [0.1, 0.15) is 6.61 Å². The van der Waals surface area contributed by atoms with Crippen molar-refractivity contribution in [1.82, 2.24) is 16.0 Å². The Balaban J connectivity index is 2.20. The minimum absolute atomic E-state index is 0.0309. The molecule has 0 radical (unpaired) electrons. The summed E-state index contributed by atoms with van der Waals surface area (Å²) in [5.41, 5.74) is 0. The van der Waals surface area contributed by atoms with Crippen molar-refractivity contribution in [3.63, 3.8) is 0 Å². The van der Waals surface area contributed by atoms with Crippen LogP contribution in [0.25, 0.3) is 0 Å². The summed E-state index contributed by atoms with van der Waals surface area (Å²) in [7, 11) is -6.22. The van der Waals surface area contributed by atoms with Crippen molar-refractivity contribution in [3.05, 3.63) is 0 Å². The molecule has 0 heterocycles. The van der Waals surface area contributed by atoms with Crippen molar-refractivity contribution in [2.75, 3.05) is 59.5 Å². The average molecular weight is 603 g/mol. The highest BCUT2D eigenvalue weighted by Crippen LogP contribution is 2.41. The van der Waals surface area contributed by atoms with E-state index in [-0.39, 0.29) is 39.0 Å². The first kappa shape index (κ1) is 35.1. The molecule has 226 valence electrons. The monoisotopic (exact) mass is 603 g/mol. The van der Waals surface area contributed by atoms with E-state index in [0.29, 0.717) is 25.7 Å².